The van der Waals surface area contributed by atoms with Crippen molar-refractivity contribution in [2.45, 2.75) is 19.3 Å². The highest BCUT2D eigenvalue weighted by Gasteiger charge is 2.07. The van der Waals surface area contributed by atoms with Crippen molar-refractivity contribution in [2.75, 3.05) is 11.0 Å². The van der Waals surface area contributed by atoms with Crippen molar-refractivity contribution < 1.29 is 9.90 Å². The zero-order valence-electron chi connectivity index (χ0n) is 9.38. The van der Waals surface area contributed by atoms with Crippen LogP contribution in [0, 0.1) is 0 Å². The molecule has 94 valence electrons. The van der Waals surface area contributed by atoms with Crippen LogP contribution in [0.2, 0.25) is 0 Å². The lowest BCUT2D eigenvalue weighted by atomic mass is 10.2. The van der Waals surface area contributed by atoms with Crippen LogP contribution in [0.3, 0.4) is 0 Å². The van der Waals surface area contributed by atoms with Gasteiger partial charge in [0.25, 0.3) is 5.91 Å². The molecule has 0 radical (unpaired) electrons. The Morgan fingerprint density at radius 2 is 2.12 bits per heavy atom. The summed E-state index contributed by atoms with van der Waals surface area (Å²) < 4.78 is 1.75. The Kier molecular flexibility index (Phi) is 6.87. The fraction of sp³-hybridized carbons (Fsp3) is 0.417. The molecule has 0 saturated heterocycles. The van der Waals surface area contributed by atoms with Crippen LogP contribution < -0.4 is 5.32 Å². The predicted octanol–water partition coefficient (Wildman–Crippen LogP) is 3.49. The van der Waals surface area contributed by atoms with Crippen LogP contribution in [0.1, 0.15) is 29.6 Å². The summed E-state index contributed by atoms with van der Waals surface area (Å²) in [4.78, 5) is 11.7. The summed E-state index contributed by atoms with van der Waals surface area (Å²) >= 11 is 5.53. The molecular weight excluding hydrogens is 397 g/mol. The number of halogens is 2. The molecule has 0 aromatic heterocycles. The molecule has 3 nitrogen and oxygen atoms in total. The van der Waals surface area contributed by atoms with Crippen LogP contribution in [-0.2, 0) is 0 Å². The fourth-order valence-electron chi connectivity index (χ4n) is 1.35. The summed E-state index contributed by atoms with van der Waals surface area (Å²) in [5.41, 5.74) is 0.486. The van der Waals surface area contributed by atoms with Crippen molar-refractivity contribution in [3.8, 4) is 5.75 Å². The quantitative estimate of drug-likeness (QED) is 0.427. The van der Waals surface area contributed by atoms with Gasteiger partial charge in [0.15, 0.2) is 0 Å². The Labute approximate surface area is 123 Å². The van der Waals surface area contributed by atoms with Crippen molar-refractivity contribution in [3.63, 3.8) is 0 Å². The van der Waals surface area contributed by atoms with Gasteiger partial charge in [-0.05, 0) is 51.4 Å². The lowest BCUT2D eigenvalue weighted by Crippen LogP contribution is -2.24. The number of carbonyl (C=O) groups is 1. The number of rotatable bonds is 6. The van der Waals surface area contributed by atoms with Crippen molar-refractivity contribution in [3.05, 3.63) is 28.2 Å². The maximum absolute atomic E-state index is 11.7. The normalized spacial score (nSPS) is 10.2. The lowest BCUT2D eigenvalue weighted by Gasteiger charge is -2.05. The van der Waals surface area contributed by atoms with Gasteiger partial charge in [0.05, 0.1) is 4.47 Å². The number of unbranched alkanes of at least 4 members (excludes halogenated alkanes) is 2. The topological polar surface area (TPSA) is 49.3 Å². The second kappa shape index (κ2) is 7.92. The van der Waals surface area contributed by atoms with Crippen LogP contribution in [0.4, 0.5) is 0 Å². The zero-order valence-corrected chi connectivity index (χ0v) is 13.1. The first-order valence-electron chi connectivity index (χ1n) is 5.48. The highest BCUT2D eigenvalue weighted by Crippen LogP contribution is 2.24. The highest BCUT2D eigenvalue weighted by atomic mass is 127. The molecule has 0 fully saturated rings. The molecule has 0 saturated carbocycles. The minimum absolute atomic E-state index is 0.0857. The molecule has 0 heterocycles. The Bertz CT molecular complexity index is 385. The average Bonchev–Trinajstić information content (AvgIpc) is 2.32. The molecule has 0 atom stereocenters. The first kappa shape index (κ1) is 14.8. The standard InChI is InChI=1S/C12H15BrINO2/c13-10-5-4-9(8-11(10)16)12(17)15-7-3-1-2-6-14/h4-5,8,16H,1-3,6-7H2,(H,15,17). The van der Waals surface area contributed by atoms with E-state index in [4.69, 9.17) is 0 Å². The van der Waals surface area contributed by atoms with E-state index in [0.717, 1.165) is 17.3 Å². The summed E-state index contributed by atoms with van der Waals surface area (Å²) in [5, 5.41) is 12.3. The second-order valence-corrected chi connectivity index (χ2v) is 5.60. The van der Waals surface area contributed by atoms with Gasteiger partial charge in [0, 0.05) is 12.1 Å². The molecule has 0 aliphatic carbocycles. The molecule has 0 spiro atoms. The van der Waals surface area contributed by atoms with E-state index in [9.17, 15) is 9.90 Å². The minimum atomic E-state index is -0.137. The van der Waals surface area contributed by atoms with Crippen LogP contribution in [-0.4, -0.2) is 22.0 Å². The lowest BCUT2D eigenvalue weighted by molar-refractivity contribution is 0.0952. The van der Waals surface area contributed by atoms with Crippen LogP contribution in [0.5, 0.6) is 5.75 Å². The van der Waals surface area contributed by atoms with Crippen molar-refractivity contribution >= 4 is 44.4 Å². The minimum Gasteiger partial charge on any atom is -0.507 e. The van der Waals surface area contributed by atoms with Gasteiger partial charge >= 0.3 is 0 Å². The third-order valence-corrected chi connectivity index (χ3v) is 3.74. The maximum Gasteiger partial charge on any atom is 0.251 e. The van der Waals surface area contributed by atoms with E-state index in [1.165, 1.54) is 12.5 Å². The number of phenols is 1. The number of hydrogen-bond acceptors (Lipinski definition) is 2. The summed E-state index contributed by atoms with van der Waals surface area (Å²) in [6, 6.07) is 4.81. The van der Waals surface area contributed by atoms with Gasteiger partial charge in [0.1, 0.15) is 5.75 Å². The first-order valence-corrected chi connectivity index (χ1v) is 7.79. The number of phenolic OH excluding ortho intramolecular Hbond substituents is 1. The molecule has 2 N–H and O–H groups in total. The van der Waals surface area contributed by atoms with Gasteiger partial charge in [-0.3, -0.25) is 4.79 Å². The smallest absolute Gasteiger partial charge is 0.251 e. The van der Waals surface area contributed by atoms with E-state index < -0.39 is 0 Å². The predicted molar refractivity (Wildman–Crippen MR) is 80.9 cm³/mol. The number of amides is 1. The van der Waals surface area contributed by atoms with Gasteiger partial charge in [-0.25, -0.2) is 0 Å². The van der Waals surface area contributed by atoms with Crippen molar-refractivity contribution in [1.29, 1.82) is 0 Å². The number of aromatic hydroxyl groups is 1. The van der Waals surface area contributed by atoms with Gasteiger partial charge < -0.3 is 10.4 Å². The van der Waals surface area contributed by atoms with Crippen LogP contribution in [0.25, 0.3) is 0 Å². The number of carbonyl (C=O) groups excluding carboxylic acids is 1. The van der Waals surface area contributed by atoms with Crippen molar-refractivity contribution in [1.82, 2.24) is 5.32 Å². The molecule has 0 aliphatic heterocycles. The summed E-state index contributed by atoms with van der Waals surface area (Å²) in [5.74, 6) is -0.0511. The van der Waals surface area contributed by atoms with E-state index in [-0.39, 0.29) is 11.7 Å². The number of alkyl halides is 1. The molecule has 1 aromatic rings. The fourth-order valence-corrected chi connectivity index (χ4v) is 2.14. The van der Waals surface area contributed by atoms with Gasteiger partial charge in [-0.1, -0.05) is 29.0 Å². The third kappa shape index (κ3) is 5.25. The maximum atomic E-state index is 11.7. The monoisotopic (exact) mass is 411 g/mol. The molecule has 0 unspecified atom stereocenters. The van der Waals surface area contributed by atoms with E-state index in [0.29, 0.717) is 16.6 Å². The first-order chi connectivity index (χ1) is 8.15. The molecule has 5 heteroatoms. The highest BCUT2D eigenvalue weighted by molar-refractivity contribution is 14.1. The Morgan fingerprint density at radius 3 is 2.76 bits per heavy atom. The number of hydrogen-bond donors (Lipinski definition) is 2. The molecule has 0 bridgehead atoms. The molecular formula is C12H15BrINO2. The second-order valence-electron chi connectivity index (χ2n) is 3.67. The Morgan fingerprint density at radius 1 is 1.35 bits per heavy atom. The number of nitrogens with one attached hydrogen (secondary N) is 1. The summed E-state index contributed by atoms with van der Waals surface area (Å²) in [7, 11) is 0. The average molecular weight is 412 g/mol. The van der Waals surface area contributed by atoms with Gasteiger partial charge in [-0.2, -0.15) is 0 Å². The van der Waals surface area contributed by atoms with Gasteiger partial charge in [-0.15, -0.1) is 0 Å². The molecule has 1 aromatic carbocycles. The SMILES string of the molecule is O=C(NCCCCCI)c1ccc(Br)c(O)c1. The zero-order chi connectivity index (χ0) is 12.7. The molecule has 0 aliphatic rings. The molecule has 1 rings (SSSR count). The van der Waals surface area contributed by atoms with Crippen LogP contribution in [0.15, 0.2) is 22.7 Å². The largest absolute Gasteiger partial charge is 0.507 e. The summed E-state index contributed by atoms with van der Waals surface area (Å²) in [6.45, 7) is 0.687. The van der Waals surface area contributed by atoms with Crippen molar-refractivity contribution in [2.24, 2.45) is 0 Å². The van der Waals surface area contributed by atoms with E-state index >= 15 is 0 Å². The summed E-state index contributed by atoms with van der Waals surface area (Å²) in [6.07, 6.45) is 3.32. The van der Waals surface area contributed by atoms with E-state index in [1.807, 2.05) is 0 Å². The Balaban J connectivity index is 2.39. The van der Waals surface area contributed by atoms with E-state index in [2.05, 4.69) is 43.8 Å². The van der Waals surface area contributed by atoms with Crippen LogP contribution >= 0.6 is 38.5 Å². The molecule has 1 amide bonds. The Hall–Kier alpha value is -0.300. The number of benzene rings is 1. The molecule has 17 heavy (non-hydrogen) atoms. The third-order valence-electron chi connectivity index (χ3n) is 2.30. The van der Waals surface area contributed by atoms with Gasteiger partial charge in [0.2, 0.25) is 0 Å². The van der Waals surface area contributed by atoms with E-state index in [1.54, 1.807) is 12.1 Å².